The number of ether oxygens (including phenoxy) is 1. The van der Waals surface area contributed by atoms with E-state index in [1.165, 1.54) is 0 Å². The summed E-state index contributed by atoms with van der Waals surface area (Å²) in [6.07, 6.45) is 2.47. The quantitative estimate of drug-likeness (QED) is 0.817. The fourth-order valence-corrected chi connectivity index (χ4v) is 1.90. The van der Waals surface area contributed by atoms with Crippen LogP contribution in [-0.2, 0) is 27.3 Å². The minimum atomic E-state index is -1.07. The van der Waals surface area contributed by atoms with Gasteiger partial charge < -0.3 is 14.7 Å². The number of aliphatic carboxylic acids is 1. The molecule has 1 aromatic rings. The highest BCUT2D eigenvalue weighted by Crippen LogP contribution is 2.16. The number of carbonyl (C=O) groups excluding carboxylic acids is 1. The Morgan fingerprint density at radius 2 is 2.28 bits per heavy atom. The molecule has 1 amide bonds. The van der Waals surface area contributed by atoms with Crippen LogP contribution in [0.25, 0.3) is 0 Å². The first-order valence-electron chi connectivity index (χ1n) is 5.67. The molecule has 0 bridgehead atoms. The minimum absolute atomic E-state index is 0.189. The zero-order valence-corrected chi connectivity index (χ0v) is 9.83. The topological polar surface area (TPSA) is 79.7 Å². The van der Waals surface area contributed by atoms with Crippen LogP contribution in [0.15, 0.2) is 18.3 Å². The molecule has 0 unspecified atom stereocenters. The molecular formula is C12H14N2O4. The van der Waals surface area contributed by atoms with Crippen molar-refractivity contribution in [3.8, 4) is 0 Å². The van der Waals surface area contributed by atoms with Gasteiger partial charge in [0.15, 0.2) is 0 Å². The van der Waals surface area contributed by atoms with E-state index in [9.17, 15) is 9.59 Å². The zero-order valence-electron chi connectivity index (χ0n) is 9.83. The molecule has 1 aromatic heterocycles. The number of rotatable bonds is 4. The largest absolute Gasteiger partial charge is 0.480 e. The number of pyridine rings is 1. The van der Waals surface area contributed by atoms with Gasteiger partial charge in [0.2, 0.25) is 5.91 Å². The predicted molar refractivity (Wildman–Crippen MR) is 61.8 cm³/mol. The van der Waals surface area contributed by atoms with Crippen molar-refractivity contribution in [2.24, 2.45) is 0 Å². The maximum atomic E-state index is 11.8. The van der Waals surface area contributed by atoms with Crippen LogP contribution in [0.1, 0.15) is 11.3 Å². The molecule has 1 aliphatic heterocycles. The van der Waals surface area contributed by atoms with E-state index in [2.05, 4.69) is 4.98 Å². The summed E-state index contributed by atoms with van der Waals surface area (Å²) in [4.78, 5) is 27.9. The van der Waals surface area contributed by atoms with E-state index in [1.54, 1.807) is 11.1 Å². The first kappa shape index (κ1) is 12.5. The molecule has 1 aliphatic rings. The molecule has 0 radical (unpaired) electrons. The lowest BCUT2D eigenvalue weighted by atomic mass is 10.1. The van der Waals surface area contributed by atoms with E-state index in [0.29, 0.717) is 13.1 Å². The molecule has 0 aromatic carbocycles. The molecular weight excluding hydrogens is 236 g/mol. The lowest BCUT2D eigenvalue weighted by Gasteiger charge is -2.27. The summed E-state index contributed by atoms with van der Waals surface area (Å²) in [5.74, 6) is -1.26. The standard InChI is InChI=1S/C12H14N2O4/c15-11(7-18-8-12(16)17)14-5-3-10-9(6-14)2-1-4-13-10/h1-2,4H,3,5-8H2,(H,16,17). The number of fused-ring (bicyclic) bond motifs is 1. The molecule has 96 valence electrons. The summed E-state index contributed by atoms with van der Waals surface area (Å²) in [7, 11) is 0. The highest BCUT2D eigenvalue weighted by atomic mass is 16.5. The predicted octanol–water partition coefficient (Wildman–Crippen LogP) is 0.0675. The number of amides is 1. The van der Waals surface area contributed by atoms with Crippen LogP contribution < -0.4 is 0 Å². The molecule has 6 nitrogen and oxygen atoms in total. The second kappa shape index (κ2) is 5.59. The van der Waals surface area contributed by atoms with Crippen molar-refractivity contribution in [1.29, 1.82) is 0 Å². The van der Waals surface area contributed by atoms with Crippen molar-refractivity contribution in [3.05, 3.63) is 29.6 Å². The van der Waals surface area contributed by atoms with Gasteiger partial charge in [0.05, 0.1) is 0 Å². The third-order valence-electron chi connectivity index (χ3n) is 2.77. The highest BCUT2D eigenvalue weighted by Gasteiger charge is 2.21. The summed E-state index contributed by atoms with van der Waals surface area (Å²) in [6.45, 7) is 0.470. The summed E-state index contributed by atoms with van der Waals surface area (Å²) in [6, 6.07) is 3.79. The van der Waals surface area contributed by atoms with Crippen LogP contribution in [0.4, 0.5) is 0 Å². The van der Waals surface area contributed by atoms with E-state index < -0.39 is 12.6 Å². The van der Waals surface area contributed by atoms with Crippen LogP contribution in [0.3, 0.4) is 0 Å². The highest BCUT2D eigenvalue weighted by molar-refractivity contribution is 5.78. The van der Waals surface area contributed by atoms with E-state index in [0.717, 1.165) is 17.7 Å². The van der Waals surface area contributed by atoms with Crippen LogP contribution in [0, 0.1) is 0 Å². The third-order valence-corrected chi connectivity index (χ3v) is 2.77. The molecule has 2 heterocycles. The van der Waals surface area contributed by atoms with E-state index in [4.69, 9.17) is 9.84 Å². The SMILES string of the molecule is O=C(O)COCC(=O)N1CCc2ncccc2C1. The lowest BCUT2D eigenvalue weighted by molar-refractivity contribution is -0.146. The minimum Gasteiger partial charge on any atom is -0.480 e. The average Bonchev–Trinajstić information content (AvgIpc) is 2.37. The Morgan fingerprint density at radius 1 is 1.44 bits per heavy atom. The maximum Gasteiger partial charge on any atom is 0.329 e. The normalized spacial score (nSPS) is 14.1. The fourth-order valence-electron chi connectivity index (χ4n) is 1.90. The molecule has 0 spiro atoms. The number of carboxylic acid groups (broad SMARTS) is 1. The van der Waals surface area contributed by atoms with Gasteiger partial charge in [0, 0.05) is 31.4 Å². The monoisotopic (exact) mass is 250 g/mol. The van der Waals surface area contributed by atoms with Gasteiger partial charge in [-0.25, -0.2) is 4.79 Å². The molecule has 0 atom stereocenters. The smallest absolute Gasteiger partial charge is 0.329 e. The van der Waals surface area contributed by atoms with Gasteiger partial charge in [-0.3, -0.25) is 9.78 Å². The van der Waals surface area contributed by atoms with Crippen LogP contribution >= 0.6 is 0 Å². The maximum absolute atomic E-state index is 11.8. The summed E-state index contributed by atoms with van der Waals surface area (Å²) in [5.41, 5.74) is 2.06. The number of carboxylic acids is 1. The molecule has 18 heavy (non-hydrogen) atoms. The average molecular weight is 250 g/mol. The number of hydrogen-bond donors (Lipinski definition) is 1. The zero-order chi connectivity index (χ0) is 13.0. The Balaban J connectivity index is 1.88. The number of aromatic nitrogens is 1. The van der Waals surface area contributed by atoms with Crippen LogP contribution in [-0.4, -0.2) is 46.6 Å². The van der Waals surface area contributed by atoms with Crippen molar-refractivity contribution < 1.29 is 19.4 Å². The van der Waals surface area contributed by atoms with Gasteiger partial charge in [-0.15, -0.1) is 0 Å². The first-order chi connectivity index (χ1) is 8.66. The molecule has 0 saturated carbocycles. The fraction of sp³-hybridized carbons (Fsp3) is 0.417. The van der Waals surface area contributed by atoms with Crippen molar-refractivity contribution in [2.75, 3.05) is 19.8 Å². The molecule has 0 saturated heterocycles. The molecule has 1 N–H and O–H groups in total. The van der Waals surface area contributed by atoms with Crippen molar-refractivity contribution in [3.63, 3.8) is 0 Å². The van der Waals surface area contributed by atoms with Gasteiger partial charge in [-0.2, -0.15) is 0 Å². The second-order valence-electron chi connectivity index (χ2n) is 4.06. The van der Waals surface area contributed by atoms with Gasteiger partial charge >= 0.3 is 5.97 Å². The summed E-state index contributed by atoms with van der Waals surface area (Å²) < 4.78 is 4.79. The third kappa shape index (κ3) is 3.04. The van der Waals surface area contributed by atoms with E-state index in [-0.39, 0.29) is 12.5 Å². The van der Waals surface area contributed by atoms with Gasteiger partial charge in [-0.1, -0.05) is 6.07 Å². The molecule has 0 fully saturated rings. The molecule has 0 aliphatic carbocycles. The summed E-state index contributed by atoms with van der Waals surface area (Å²) in [5, 5.41) is 8.41. The number of nitrogens with zero attached hydrogens (tertiary/aromatic N) is 2. The Kier molecular flexibility index (Phi) is 3.88. The van der Waals surface area contributed by atoms with Gasteiger partial charge in [0.1, 0.15) is 13.2 Å². The second-order valence-corrected chi connectivity index (χ2v) is 4.06. The Hall–Kier alpha value is -1.95. The lowest BCUT2D eigenvalue weighted by Crippen LogP contribution is -2.38. The van der Waals surface area contributed by atoms with E-state index >= 15 is 0 Å². The number of carbonyl (C=O) groups is 2. The van der Waals surface area contributed by atoms with Crippen LogP contribution in [0.2, 0.25) is 0 Å². The van der Waals surface area contributed by atoms with Gasteiger partial charge in [0.25, 0.3) is 0 Å². The van der Waals surface area contributed by atoms with Crippen molar-refractivity contribution in [1.82, 2.24) is 9.88 Å². The molecule has 6 heteroatoms. The van der Waals surface area contributed by atoms with Crippen LogP contribution in [0.5, 0.6) is 0 Å². The Bertz CT molecular complexity index is 461. The van der Waals surface area contributed by atoms with Gasteiger partial charge in [-0.05, 0) is 11.6 Å². The first-order valence-corrected chi connectivity index (χ1v) is 5.67. The van der Waals surface area contributed by atoms with E-state index in [1.807, 2.05) is 12.1 Å². The Morgan fingerprint density at radius 3 is 3.06 bits per heavy atom. The van der Waals surface area contributed by atoms with Crippen molar-refractivity contribution >= 4 is 11.9 Å². The summed E-state index contributed by atoms with van der Waals surface area (Å²) >= 11 is 0. The molecule has 2 rings (SSSR count). The Labute approximate surface area is 104 Å². The number of hydrogen-bond acceptors (Lipinski definition) is 4. The van der Waals surface area contributed by atoms with Crippen molar-refractivity contribution in [2.45, 2.75) is 13.0 Å².